The molecule has 9 heteroatoms. The van der Waals surface area contributed by atoms with Crippen molar-refractivity contribution >= 4 is 23.5 Å². The zero-order chi connectivity index (χ0) is 24.5. The number of methoxy groups -OCH3 is 1. The molecule has 0 spiro atoms. The number of amides is 1. The van der Waals surface area contributed by atoms with E-state index in [2.05, 4.69) is 21.2 Å². The Balaban J connectivity index is 1.55. The van der Waals surface area contributed by atoms with Crippen molar-refractivity contribution in [2.24, 2.45) is 0 Å². The van der Waals surface area contributed by atoms with Gasteiger partial charge in [-0.05, 0) is 70.7 Å². The highest BCUT2D eigenvalue weighted by atomic mass is 35.5. The lowest BCUT2D eigenvalue weighted by molar-refractivity contribution is 0.0198. The average Bonchev–Trinajstić information content (AvgIpc) is 3.19. The van der Waals surface area contributed by atoms with Crippen LogP contribution in [0.4, 0.5) is 10.6 Å². The number of ether oxygens (including phenoxy) is 3. The topological polar surface area (TPSA) is 77.0 Å². The van der Waals surface area contributed by atoms with Crippen LogP contribution in [0.15, 0.2) is 18.2 Å². The maximum atomic E-state index is 12.6. The molecule has 0 N–H and O–H groups in total. The second-order valence-corrected chi connectivity index (χ2v) is 10.3. The number of rotatable bonds is 5. The van der Waals surface area contributed by atoms with E-state index < -0.39 is 5.60 Å². The molecule has 184 valence electrons. The van der Waals surface area contributed by atoms with Crippen molar-refractivity contribution in [3.05, 3.63) is 34.3 Å². The van der Waals surface area contributed by atoms with Crippen LogP contribution in [0.1, 0.15) is 44.7 Å². The van der Waals surface area contributed by atoms with Crippen LogP contribution in [0.2, 0.25) is 5.02 Å². The van der Waals surface area contributed by atoms with Crippen molar-refractivity contribution in [3.63, 3.8) is 0 Å². The Morgan fingerprint density at radius 2 is 2.00 bits per heavy atom. The van der Waals surface area contributed by atoms with E-state index in [9.17, 15) is 4.79 Å². The smallest absolute Gasteiger partial charge is 0.410 e. The van der Waals surface area contributed by atoms with Gasteiger partial charge in [-0.25, -0.2) is 4.79 Å². The Bertz CT molecular complexity index is 1060. The van der Waals surface area contributed by atoms with Crippen LogP contribution in [0, 0.1) is 6.92 Å². The Labute approximate surface area is 206 Å². The molecule has 1 aromatic heterocycles. The molecule has 0 radical (unpaired) electrons. The first-order valence-electron chi connectivity index (χ1n) is 11.7. The Kier molecular flexibility index (Phi) is 7.19. The minimum absolute atomic E-state index is 0.120. The summed E-state index contributed by atoms with van der Waals surface area (Å²) in [6.45, 7) is 9.98. The molecule has 0 unspecified atom stereocenters. The van der Waals surface area contributed by atoms with Gasteiger partial charge in [0.05, 0.1) is 5.69 Å². The second-order valence-electron chi connectivity index (χ2n) is 9.89. The van der Waals surface area contributed by atoms with Gasteiger partial charge in [-0.15, -0.1) is 10.2 Å². The number of likely N-dealkylation sites (tertiary alicyclic amines) is 1. The summed E-state index contributed by atoms with van der Waals surface area (Å²) in [7, 11) is 1.58. The second kappa shape index (κ2) is 9.96. The minimum Gasteiger partial charge on any atom is -0.467 e. The number of anilines is 1. The van der Waals surface area contributed by atoms with Gasteiger partial charge in [0.15, 0.2) is 12.6 Å². The molecular weight excluding hydrogens is 456 g/mol. The first-order valence-corrected chi connectivity index (χ1v) is 12.1. The maximum absolute atomic E-state index is 12.6. The molecule has 8 nitrogen and oxygen atoms in total. The van der Waals surface area contributed by atoms with Crippen molar-refractivity contribution in [1.29, 1.82) is 0 Å². The van der Waals surface area contributed by atoms with Crippen LogP contribution < -0.4 is 9.64 Å². The number of carbonyl (C=O) groups excluding carboxylic acids is 1. The van der Waals surface area contributed by atoms with Crippen LogP contribution in [-0.4, -0.2) is 66.4 Å². The molecule has 1 saturated heterocycles. The van der Waals surface area contributed by atoms with Gasteiger partial charge in [-0.1, -0.05) is 11.6 Å². The fourth-order valence-corrected chi connectivity index (χ4v) is 4.92. The maximum Gasteiger partial charge on any atom is 0.410 e. The summed E-state index contributed by atoms with van der Waals surface area (Å²) in [5, 5.41) is 9.79. The van der Waals surface area contributed by atoms with E-state index >= 15 is 0 Å². The number of aromatic nitrogens is 2. The molecule has 1 amide bonds. The number of fused-ring (bicyclic) bond motifs is 1. The third-order valence-electron chi connectivity index (χ3n) is 6.09. The van der Waals surface area contributed by atoms with Crippen LogP contribution in [0.3, 0.4) is 0 Å². The Morgan fingerprint density at radius 1 is 1.21 bits per heavy atom. The van der Waals surface area contributed by atoms with Gasteiger partial charge >= 0.3 is 6.09 Å². The number of carbonyl (C=O) groups is 1. The van der Waals surface area contributed by atoms with Crippen molar-refractivity contribution in [2.75, 3.05) is 38.4 Å². The largest absolute Gasteiger partial charge is 0.467 e. The summed E-state index contributed by atoms with van der Waals surface area (Å²) in [4.78, 5) is 16.7. The fraction of sp³-hybridized carbons (Fsp3) is 0.560. The summed E-state index contributed by atoms with van der Waals surface area (Å²) in [6.07, 6.45) is 2.57. The van der Waals surface area contributed by atoms with Gasteiger partial charge in [0.1, 0.15) is 11.4 Å². The number of piperidine rings is 1. The van der Waals surface area contributed by atoms with Crippen molar-refractivity contribution in [3.8, 4) is 17.0 Å². The molecule has 2 aromatic rings. The van der Waals surface area contributed by atoms with Crippen molar-refractivity contribution in [2.45, 2.75) is 58.6 Å². The molecule has 2 aliphatic rings. The van der Waals surface area contributed by atoms with Crippen molar-refractivity contribution < 1.29 is 19.0 Å². The molecule has 1 atom stereocenters. The number of hydrogen-bond acceptors (Lipinski definition) is 7. The number of aryl methyl sites for hydroxylation is 1. The van der Waals surface area contributed by atoms with Gasteiger partial charge in [0, 0.05) is 48.9 Å². The Morgan fingerprint density at radius 3 is 2.74 bits per heavy atom. The summed E-state index contributed by atoms with van der Waals surface area (Å²) in [5.74, 6) is 1.52. The van der Waals surface area contributed by atoms with E-state index in [1.807, 2.05) is 38.7 Å². The van der Waals surface area contributed by atoms with E-state index in [0.29, 0.717) is 17.3 Å². The van der Waals surface area contributed by atoms with Gasteiger partial charge in [-0.3, -0.25) is 0 Å². The van der Waals surface area contributed by atoms with Crippen LogP contribution >= 0.6 is 11.6 Å². The molecular formula is C25H33ClN4O4. The van der Waals surface area contributed by atoms with E-state index in [1.54, 1.807) is 13.2 Å². The number of nitrogens with zero attached hydrogens (tertiary/aromatic N) is 4. The predicted molar refractivity (Wildman–Crippen MR) is 132 cm³/mol. The highest BCUT2D eigenvalue weighted by Crippen LogP contribution is 2.38. The zero-order valence-electron chi connectivity index (χ0n) is 20.6. The van der Waals surface area contributed by atoms with E-state index in [1.165, 1.54) is 0 Å². The van der Waals surface area contributed by atoms with E-state index in [-0.39, 0.29) is 18.9 Å². The third kappa shape index (κ3) is 5.39. The lowest BCUT2D eigenvalue weighted by atomic mass is 10.0. The van der Waals surface area contributed by atoms with Crippen LogP contribution in [0.5, 0.6) is 5.75 Å². The Hall–Kier alpha value is -2.58. The molecule has 34 heavy (non-hydrogen) atoms. The molecule has 3 heterocycles. The molecule has 0 bridgehead atoms. The number of halogens is 1. The standard InChI is InChI=1S/C25H33ClN4O4/c1-16-11-18(26)13-21(33-15-32-5)22(16)20-12-17-8-10-30(23(17)28-27-20)19-7-6-9-29(14-19)24(31)34-25(2,3)4/h11-13,19H,6-10,14-15H2,1-5H3/t19-/m1/s1. The first-order chi connectivity index (χ1) is 16.2. The highest BCUT2D eigenvalue weighted by Gasteiger charge is 2.34. The summed E-state index contributed by atoms with van der Waals surface area (Å²) < 4.78 is 16.4. The van der Waals surface area contributed by atoms with Crippen molar-refractivity contribution in [1.82, 2.24) is 15.1 Å². The monoisotopic (exact) mass is 488 g/mol. The van der Waals surface area contributed by atoms with Gasteiger partial charge in [0.25, 0.3) is 0 Å². The lowest BCUT2D eigenvalue weighted by Gasteiger charge is -2.38. The summed E-state index contributed by atoms with van der Waals surface area (Å²) in [5.41, 5.74) is 3.22. The van der Waals surface area contributed by atoms with E-state index in [4.69, 9.17) is 25.8 Å². The molecule has 1 fully saturated rings. The number of benzene rings is 1. The first kappa shape index (κ1) is 24.5. The summed E-state index contributed by atoms with van der Waals surface area (Å²) >= 11 is 6.26. The SMILES string of the molecule is COCOc1cc(Cl)cc(C)c1-c1cc2c(nn1)N([C@@H]1CCCN(C(=O)OC(C)(C)C)C1)CC2. The molecule has 2 aliphatic heterocycles. The van der Waals surface area contributed by atoms with Gasteiger partial charge in [0.2, 0.25) is 0 Å². The van der Waals surface area contributed by atoms with Gasteiger partial charge < -0.3 is 24.0 Å². The molecule has 0 saturated carbocycles. The van der Waals surface area contributed by atoms with E-state index in [0.717, 1.165) is 60.6 Å². The molecule has 0 aliphatic carbocycles. The average molecular weight is 489 g/mol. The zero-order valence-corrected chi connectivity index (χ0v) is 21.3. The lowest BCUT2D eigenvalue weighted by Crippen LogP contribution is -2.50. The summed E-state index contributed by atoms with van der Waals surface area (Å²) in [6, 6.07) is 5.95. The quantitative estimate of drug-likeness (QED) is 0.556. The van der Waals surface area contributed by atoms with Crippen LogP contribution in [0.25, 0.3) is 11.3 Å². The normalized spacial score (nSPS) is 18.1. The van der Waals surface area contributed by atoms with Gasteiger partial charge in [-0.2, -0.15) is 0 Å². The molecule has 1 aromatic carbocycles. The molecule has 4 rings (SSSR count). The highest BCUT2D eigenvalue weighted by molar-refractivity contribution is 6.31. The fourth-order valence-electron chi connectivity index (χ4n) is 4.65. The minimum atomic E-state index is -0.502. The third-order valence-corrected chi connectivity index (χ3v) is 6.30. The number of hydrogen-bond donors (Lipinski definition) is 0. The van der Waals surface area contributed by atoms with Crippen LogP contribution in [-0.2, 0) is 15.9 Å². The predicted octanol–water partition coefficient (Wildman–Crippen LogP) is 4.85.